The van der Waals surface area contributed by atoms with Crippen LogP contribution < -0.4 is 16.0 Å². The minimum Gasteiger partial charge on any atom is -0.496 e. The van der Waals surface area contributed by atoms with Gasteiger partial charge in [0.25, 0.3) is 5.56 Å². The molecule has 3 rings (SSSR count). The van der Waals surface area contributed by atoms with Crippen LogP contribution in [0.2, 0.25) is 0 Å². The standard InChI is InChI=1S/C20H20FN3O4/c1-10-8-14(28-3)18(20(27)24(10)2)17-13(21)9-11(4-7-16(25)26)12-5-6-15(22)23-19(12)17/h5-6,8-9H,4,7H2,1-3H3,(H2,22,23)(H,25,26). The highest BCUT2D eigenvalue weighted by Crippen LogP contribution is 2.36. The molecule has 2 aromatic heterocycles. The first-order chi connectivity index (χ1) is 13.2. The van der Waals surface area contributed by atoms with E-state index in [1.807, 2.05) is 0 Å². The Labute approximate surface area is 160 Å². The third kappa shape index (κ3) is 3.28. The van der Waals surface area contributed by atoms with Crippen LogP contribution in [-0.2, 0) is 18.3 Å². The van der Waals surface area contributed by atoms with Crippen molar-refractivity contribution in [2.45, 2.75) is 19.8 Å². The van der Waals surface area contributed by atoms with Gasteiger partial charge in [0, 0.05) is 30.6 Å². The van der Waals surface area contributed by atoms with E-state index in [9.17, 15) is 9.59 Å². The van der Waals surface area contributed by atoms with Gasteiger partial charge in [0.2, 0.25) is 0 Å². The van der Waals surface area contributed by atoms with Crippen LogP contribution in [-0.4, -0.2) is 27.7 Å². The molecule has 3 N–H and O–H groups in total. The zero-order valence-electron chi connectivity index (χ0n) is 15.7. The molecule has 8 heteroatoms. The van der Waals surface area contributed by atoms with Crippen LogP contribution in [0.5, 0.6) is 5.75 Å². The van der Waals surface area contributed by atoms with E-state index in [-0.39, 0.29) is 41.1 Å². The van der Waals surface area contributed by atoms with E-state index >= 15 is 4.39 Å². The molecule has 3 aromatic rings. The lowest BCUT2D eigenvalue weighted by molar-refractivity contribution is -0.136. The predicted molar refractivity (Wildman–Crippen MR) is 104 cm³/mol. The molecule has 0 amide bonds. The Morgan fingerprint density at radius 2 is 2.04 bits per heavy atom. The van der Waals surface area contributed by atoms with Gasteiger partial charge < -0.3 is 20.1 Å². The molecule has 7 nitrogen and oxygen atoms in total. The predicted octanol–water partition coefficient (Wildman–Crippen LogP) is 2.66. The van der Waals surface area contributed by atoms with Crippen molar-refractivity contribution >= 4 is 22.7 Å². The summed E-state index contributed by atoms with van der Waals surface area (Å²) in [6.45, 7) is 1.74. The van der Waals surface area contributed by atoms with E-state index in [1.54, 1.807) is 32.2 Å². The zero-order chi connectivity index (χ0) is 20.6. The van der Waals surface area contributed by atoms with Gasteiger partial charge in [0.15, 0.2) is 0 Å². The number of nitrogen functional groups attached to an aromatic ring is 1. The summed E-state index contributed by atoms with van der Waals surface area (Å²) in [5.41, 5.74) is 6.74. The molecule has 0 radical (unpaired) electrons. The van der Waals surface area contributed by atoms with Gasteiger partial charge in [-0.25, -0.2) is 9.37 Å². The number of aromatic nitrogens is 2. The normalized spacial score (nSPS) is 11.0. The molecule has 0 saturated heterocycles. The molecule has 0 bridgehead atoms. The number of pyridine rings is 2. The largest absolute Gasteiger partial charge is 0.496 e. The quantitative estimate of drug-likeness (QED) is 0.699. The average molecular weight is 385 g/mol. The molecule has 0 unspecified atom stereocenters. The highest BCUT2D eigenvalue weighted by Gasteiger charge is 2.23. The van der Waals surface area contributed by atoms with Crippen LogP contribution >= 0.6 is 0 Å². The van der Waals surface area contributed by atoms with Crippen LogP contribution in [0, 0.1) is 12.7 Å². The molecule has 0 atom stereocenters. The summed E-state index contributed by atoms with van der Waals surface area (Å²) in [6, 6.07) is 6.10. The summed E-state index contributed by atoms with van der Waals surface area (Å²) in [5.74, 6) is -1.30. The Bertz CT molecular complexity index is 1150. The minimum atomic E-state index is -0.991. The van der Waals surface area contributed by atoms with Crippen molar-refractivity contribution in [3.05, 3.63) is 51.7 Å². The van der Waals surface area contributed by atoms with Gasteiger partial charge in [0.05, 0.1) is 23.8 Å². The number of aliphatic carboxylic acids is 1. The van der Waals surface area contributed by atoms with Crippen molar-refractivity contribution in [3.8, 4) is 16.9 Å². The van der Waals surface area contributed by atoms with Crippen LogP contribution in [0.15, 0.2) is 29.1 Å². The molecule has 146 valence electrons. The maximum atomic E-state index is 15.2. The number of ether oxygens (including phenoxy) is 1. The number of carbonyl (C=O) groups is 1. The van der Waals surface area contributed by atoms with E-state index in [4.69, 9.17) is 15.6 Å². The lowest BCUT2D eigenvalue weighted by Gasteiger charge is -2.16. The van der Waals surface area contributed by atoms with Gasteiger partial charge in [-0.1, -0.05) is 0 Å². The number of hydrogen-bond donors (Lipinski definition) is 2. The fourth-order valence-corrected chi connectivity index (χ4v) is 3.21. The first-order valence-electron chi connectivity index (χ1n) is 8.59. The molecule has 0 aliphatic heterocycles. The number of rotatable bonds is 5. The molecular formula is C20H20FN3O4. The van der Waals surface area contributed by atoms with Crippen molar-refractivity contribution in [2.75, 3.05) is 12.8 Å². The molecule has 2 heterocycles. The second-order valence-electron chi connectivity index (χ2n) is 6.51. The van der Waals surface area contributed by atoms with E-state index in [0.29, 0.717) is 16.6 Å². The number of carboxylic acid groups (broad SMARTS) is 1. The van der Waals surface area contributed by atoms with Crippen molar-refractivity contribution in [1.29, 1.82) is 0 Å². The fourth-order valence-electron chi connectivity index (χ4n) is 3.21. The molecule has 28 heavy (non-hydrogen) atoms. The Hall–Kier alpha value is -3.42. The van der Waals surface area contributed by atoms with Crippen molar-refractivity contribution in [1.82, 2.24) is 9.55 Å². The van der Waals surface area contributed by atoms with Gasteiger partial charge in [-0.15, -0.1) is 0 Å². The maximum absolute atomic E-state index is 15.2. The number of methoxy groups -OCH3 is 1. The summed E-state index contributed by atoms with van der Waals surface area (Å²) in [6.07, 6.45) is -0.0362. The minimum absolute atomic E-state index is 0.0150. The third-order valence-electron chi connectivity index (χ3n) is 4.75. The van der Waals surface area contributed by atoms with Crippen molar-refractivity contribution < 1.29 is 19.0 Å². The first-order valence-corrected chi connectivity index (χ1v) is 8.59. The number of benzene rings is 1. The van der Waals surface area contributed by atoms with E-state index < -0.39 is 17.3 Å². The highest BCUT2D eigenvalue weighted by molar-refractivity contribution is 5.98. The van der Waals surface area contributed by atoms with Gasteiger partial charge in [0.1, 0.15) is 17.4 Å². The summed E-state index contributed by atoms with van der Waals surface area (Å²) in [4.78, 5) is 28.1. The third-order valence-corrected chi connectivity index (χ3v) is 4.75. The number of halogens is 1. The molecule has 0 aliphatic carbocycles. The summed E-state index contributed by atoms with van der Waals surface area (Å²) in [7, 11) is 2.99. The highest BCUT2D eigenvalue weighted by atomic mass is 19.1. The molecule has 0 saturated carbocycles. The van der Waals surface area contributed by atoms with Gasteiger partial charge >= 0.3 is 5.97 Å². The van der Waals surface area contributed by atoms with Crippen molar-refractivity contribution in [2.24, 2.45) is 7.05 Å². The van der Waals surface area contributed by atoms with E-state index in [0.717, 1.165) is 0 Å². The Balaban J connectivity index is 2.41. The van der Waals surface area contributed by atoms with E-state index in [1.165, 1.54) is 17.7 Å². The number of aryl methyl sites for hydroxylation is 2. The number of hydrogen-bond acceptors (Lipinski definition) is 5. The maximum Gasteiger partial charge on any atom is 0.303 e. The summed E-state index contributed by atoms with van der Waals surface area (Å²) >= 11 is 0. The lowest BCUT2D eigenvalue weighted by Crippen LogP contribution is -2.22. The van der Waals surface area contributed by atoms with Crippen molar-refractivity contribution in [3.63, 3.8) is 0 Å². The van der Waals surface area contributed by atoms with Gasteiger partial charge in [-0.2, -0.15) is 0 Å². The van der Waals surface area contributed by atoms with Crippen LogP contribution in [0.3, 0.4) is 0 Å². The van der Waals surface area contributed by atoms with E-state index in [2.05, 4.69) is 4.98 Å². The number of nitrogens with zero attached hydrogens (tertiary/aromatic N) is 2. The fraction of sp³-hybridized carbons (Fsp3) is 0.250. The van der Waals surface area contributed by atoms with Crippen LogP contribution in [0.4, 0.5) is 10.2 Å². The smallest absolute Gasteiger partial charge is 0.303 e. The number of anilines is 1. The van der Waals surface area contributed by atoms with Crippen LogP contribution in [0.1, 0.15) is 17.7 Å². The zero-order valence-corrected chi connectivity index (χ0v) is 15.7. The Morgan fingerprint density at radius 1 is 1.32 bits per heavy atom. The van der Waals surface area contributed by atoms with Gasteiger partial charge in [-0.05, 0) is 37.1 Å². The molecular weight excluding hydrogens is 365 g/mol. The molecule has 1 aromatic carbocycles. The number of fused-ring (bicyclic) bond motifs is 1. The summed E-state index contributed by atoms with van der Waals surface area (Å²) in [5, 5.41) is 9.50. The van der Waals surface area contributed by atoms with Gasteiger partial charge in [-0.3, -0.25) is 9.59 Å². The Kier molecular flexibility index (Phi) is 5.04. The second kappa shape index (κ2) is 7.30. The molecule has 0 aliphatic rings. The summed E-state index contributed by atoms with van der Waals surface area (Å²) < 4.78 is 22.0. The number of nitrogens with two attached hydrogens (primary N) is 1. The first kappa shape index (κ1) is 19.3. The average Bonchev–Trinajstić information content (AvgIpc) is 2.64. The SMILES string of the molecule is COc1cc(C)n(C)c(=O)c1-c1c(F)cc(CCC(=O)O)c2ccc(N)nc12. The Morgan fingerprint density at radius 3 is 2.68 bits per heavy atom. The lowest BCUT2D eigenvalue weighted by atomic mass is 9.95. The monoisotopic (exact) mass is 385 g/mol. The molecule has 0 spiro atoms. The molecule has 0 fully saturated rings. The van der Waals surface area contributed by atoms with Crippen LogP contribution in [0.25, 0.3) is 22.0 Å². The second-order valence-corrected chi connectivity index (χ2v) is 6.51. The number of carboxylic acids is 1. The topological polar surface area (TPSA) is 107 Å².